The van der Waals surface area contributed by atoms with E-state index in [1.54, 1.807) is 22.8 Å². The Bertz CT molecular complexity index is 845. The lowest BCUT2D eigenvalue weighted by molar-refractivity contribution is -0.120. The topological polar surface area (TPSA) is 75.0 Å². The fourth-order valence-corrected chi connectivity index (χ4v) is 3.19. The van der Waals surface area contributed by atoms with Gasteiger partial charge in [-0.2, -0.15) is 5.10 Å². The van der Waals surface area contributed by atoms with Crippen LogP contribution in [0.5, 0.6) is 5.75 Å². The zero-order chi connectivity index (χ0) is 20.1. The highest BCUT2D eigenvalue weighted by atomic mass is 16.5. The lowest BCUT2D eigenvalue weighted by atomic mass is 10.2. The number of hydrogen-bond acceptors (Lipinski definition) is 4. The Labute approximate surface area is 165 Å². The first-order valence-corrected chi connectivity index (χ1v) is 9.46. The summed E-state index contributed by atoms with van der Waals surface area (Å²) in [4.78, 5) is 20.7. The van der Waals surface area contributed by atoms with E-state index in [1.807, 2.05) is 56.3 Å². The van der Waals surface area contributed by atoms with E-state index in [-0.39, 0.29) is 18.6 Å². The van der Waals surface area contributed by atoms with E-state index in [9.17, 15) is 4.79 Å². The molecule has 1 fully saturated rings. The first kappa shape index (κ1) is 19.7. The van der Waals surface area contributed by atoms with Crippen molar-refractivity contribution in [2.75, 3.05) is 31.6 Å². The summed E-state index contributed by atoms with van der Waals surface area (Å²) in [5, 5.41) is 7.50. The second-order valence-corrected chi connectivity index (χ2v) is 7.05. The third-order valence-corrected chi connectivity index (χ3v) is 4.46. The number of amides is 1. The van der Waals surface area contributed by atoms with Crippen molar-refractivity contribution in [3.63, 3.8) is 0 Å². The van der Waals surface area contributed by atoms with E-state index in [0.717, 1.165) is 23.0 Å². The van der Waals surface area contributed by atoms with E-state index in [4.69, 9.17) is 4.74 Å². The van der Waals surface area contributed by atoms with E-state index < -0.39 is 0 Å². The molecule has 0 radical (unpaired) electrons. The highest BCUT2D eigenvalue weighted by molar-refractivity contribution is 5.98. The van der Waals surface area contributed by atoms with Gasteiger partial charge < -0.3 is 19.9 Å². The molecular formula is C20H28N6O2. The molecular weight excluding hydrogens is 356 g/mol. The summed E-state index contributed by atoms with van der Waals surface area (Å²) in [5.74, 6) is 1.61. The molecule has 150 valence electrons. The van der Waals surface area contributed by atoms with E-state index in [2.05, 4.69) is 15.4 Å². The highest BCUT2D eigenvalue weighted by Crippen LogP contribution is 2.17. The molecule has 0 atom stereocenters. The molecule has 0 bridgehead atoms. The van der Waals surface area contributed by atoms with Crippen molar-refractivity contribution in [3.8, 4) is 5.75 Å². The number of rotatable bonds is 5. The van der Waals surface area contributed by atoms with Gasteiger partial charge in [0.05, 0.1) is 18.0 Å². The number of piperazine rings is 1. The smallest absolute Gasteiger partial charge is 0.246 e. The SMILES string of the molecule is CN=C(NCc1cccc(OC(C)C)c1)N1CCN(c2cnn(C)c2)C(=O)C1. The number of anilines is 1. The molecule has 3 rings (SSSR count). The van der Waals surface area contributed by atoms with Crippen LogP contribution in [0.2, 0.25) is 0 Å². The predicted octanol–water partition coefficient (Wildman–Crippen LogP) is 1.63. The second kappa shape index (κ2) is 8.77. The molecule has 1 saturated heterocycles. The molecule has 0 aliphatic carbocycles. The fraction of sp³-hybridized carbons (Fsp3) is 0.450. The monoisotopic (exact) mass is 384 g/mol. The number of guanidine groups is 1. The molecule has 1 aromatic heterocycles. The van der Waals surface area contributed by atoms with Crippen molar-refractivity contribution < 1.29 is 9.53 Å². The summed E-state index contributed by atoms with van der Waals surface area (Å²) in [6.07, 6.45) is 3.71. The quantitative estimate of drug-likeness (QED) is 0.626. The average Bonchev–Trinajstić information content (AvgIpc) is 3.08. The van der Waals surface area contributed by atoms with Gasteiger partial charge in [0.15, 0.2) is 5.96 Å². The van der Waals surface area contributed by atoms with Gasteiger partial charge in [-0.25, -0.2) is 0 Å². The molecule has 1 N–H and O–H groups in total. The first-order chi connectivity index (χ1) is 13.5. The van der Waals surface area contributed by atoms with Gasteiger partial charge in [-0.15, -0.1) is 0 Å². The van der Waals surface area contributed by atoms with E-state index in [1.165, 1.54) is 0 Å². The molecule has 8 nitrogen and oxygen atoms in total. The number of ether oxygens (including phenoxy) is 1. The summed E-state index contributed by atoms with van der Waals surface area (Å²) in [7, 11) is 3.58. The summed E-state index contributed by atoms with van der Waals surface area (Å²) >= 11 is 0. The minimum Gasteiger partial charge on any atom is -0.491 e. The summed E-state index contributed by atoms with van der Waals surface area (Å²) in [6, 6.07) is 7.99. The number of nitrogens with zero attached hydrogens (tertiary/aromatic N) is 5. The maximum Gasteiger partial charge on any atom is 0.246 e. The van der Waals surface area contributed by atoms with Crippen LogP contribution in [-0.2, 0) is 18.4 Å². The van der Waals surface area contributed by atoms with Crippen molar-refractivity contribution >= 4 is 17.6 Å². The van der Waals surface area contributed by atoms with Crippen LogP contribution in [0.15, 0.2) is 41.7 Å². The van der Waals surface area contributed by atoms with Gasteiger partial charge in [0.1, 0.15) is 12.3 Å². The third kappa shape index (κ3) is 4.82. The lowest BCUT2D eigenvalue weighted by Gasteiger charge is -2.35. The maximum atomic E-state index is 12.6. The number of aliphatic imine (C=N–C) groups is 1. The van der Waals surface area contributed by atoms with Crippen molar-refractivity contribution in [1.82, 2.24) is 20.0 Å². The number of benzene rings is 1. The van der Waals surface area contributed by atoms with Crippen LogP contribution < -0.4 is 15.0 Å². The third-order valence-electron chi connectivity index (χ3n) is 4.46. The van der Waals surface area contributed by atoms with E-state index in [0.29, 0.717) is 19.6 Å². The molecule has 0 unspecified atom stereocenters. The number of hydrogen-bond donors (Lipinski definition) is 1. The molecule has 1 aliphatic heterocycles. The standard InChI is InChI=1S/C20H28N6O2/c1-15(2)28-18-7-5-6-16(10-18)11-22-20(21-3)25-8-9-26(19(27)14-25)17-12-23-24(4)13-17/h5-7,10,12-13,15H,8-9,11,14H2,1-4H3,(H,21,22). The van der Waals surface area contributed by atoms with Crippen LogP contribution in [0, 0.1) is 0 Å². The van der Waals surface area contributed by atoms with Crippen molar-refractivity contribution in [2.45, 2.75) is 26.5 Å². The van der Waals surface area contributed by atoms with Gasteiger partial charge >= 0.3 is 0 Å². The van der Waals surface area contributed by atoms with Crippen LogP contribution >= 0.6 is 0 Å². The summed E-state index contributed by atoms with van der Waals surface area (Å²) in [5.41, 5.74) is 1.93. The van der Waals surface area contributed by atoms with Crippen LogP contribution in [0.4, 0.5) is 5.69 Å². The van der Waals surface area contributed by atoms with Crippen LogP contribution in [0.25, 0.3) is 0 Å². The maximum absolute atomic E-state index is 12.6. The minimum atomic E-state index is 0.0366. The molecule has 1 amide bonds. The Morgan fingerprint density at radius 3 is 2.82 bits per heavy atom. The van der Waals surface area contributed by atoms with Gasteiger partial charge in [0.25, 0.3) is 0 Å². The highest BCUT2D eigenvalue weighted by Gasteiger charge is 2.27. The van der Waals surface area contributed by atoms with Gasteiger partial charge in [0.2, 0.25) is 5.91 Å². The van der Waals surface area contributed by atoms with Crippen LogP contribution in [0.1, 0.15) is 19.4 Å². The molecule has 2 aromatic rings. The Balaban J connectivity index is 1.58. The molecule has 28 heavy (non-hydrogen) atoms. The number of aromatic nitrogens is 2. The molecule has 0 spiro atoms. The molecule has 8 heteroatoms. The molecule has 1 aliphatic rings. The van der Waals surface area contributed by atoms with Gasteiger partial charge in [-0.3, -0.25) is 14.5 Å². The van der Waals surface area contributed by atoms with Crippen molar-refractivity contribution in [2.24, 2.45) is 12.0 Å². The van der Waals surface area contributed by atoms with Crippen molar-refractivity contribution in [1.29, 1.82) is 0 Å². The summed E-state index contributed by atoms with van der Waals surface area (Å²) in [6.45, 7) is 6.22. The van der Waals surface area contributed by atoms with Crippen molar-refractivity contribution in [3.05, 3.63) is 42.2 Å². The predicted molar refractivity (Wildman–Crippen MR) is 110 cm³/mol. The second-order valence-electron chi connectivity index (χ2n) is 7.05. The largest absolute Gasteiger partial charge is 0.491 e. The average molecular weight is 384 g/mol. The Kier molecular flexibility index (Phi) is 6.18. The fourth-order valence-electron chi connectivity index (χ4n) is 3.19. The Hall–Kier alpha value is -3.03. The number of carbonyl (C=O) groups is 1. The number of carbonyl (C=O) groups excluding carboxylic acids is 1. The Morgan fingerprint density at radius 2 is 2.18 bits per heavy atom. The van der Waals surface area contributed by atoms with E-state index >= 15 is 0 Å². The first-order valence-electron chi connectivity index (χ1n) is 9.46. The lowest BCUT2D eigenvalue weighted by Crippen LogP contribution is -2.55. The van der Waals surface area contributed by atoms with Crippen LogP contribution in [0.3, 0.4) is 0 Å². The molecule has 1 aromatic carbocycles. The van der Waals surface area contributed by atoms with Gasteiger partial charge in [0, 0.05) is 39.9 Å². The minimum absolute atomic E-state index is 0.0366. The Morgan fingerprint density at radius 1 is 1.36 bits per heavy atom. The summed E-state index contributed by atoms with van der Waals surface area (Å²) < 4.78 is 7.45. The zero-order valence-corrected chi connectivity index (χ0v) is 16.9. The molecule has 0 saturated carbocycles. The molecule has 2 heterocycles. The van der Waals surface area contributed by atoms with Crippen LogP contribution in [-0.4, -0.2) is 59.3 Å². The number of nitrogens with one attached hydrogen (secondary N) is 1. The normalized spacial score (nSPS) is 15.3. The van der Waals surface area contributed by atoms with Gasteiger partial charge in [-0.05, 0) is 31.5 Å². The van der Waals surface area contributed by atoms with Gasteiger partial charge in [-0.1, -0.05) is 12.1 Å². The zero-order valence-electron chi connectivity index (χ0n) is 16.9. The number of aryl methyl sites for hydroxylation is 1.